The largest absolute Gasteiger partial charge is 0.360 e. The minimum Gasteiger partial charge on any atom is -0.360 e. The van der Waals surface area contributed by atoms with Gasteiger partial charge in [0.05, 0.1) is 5.69 Å². The van der Waals surface area contributed by atoms with Crippen molar-refractivity contribution in [3.8, 4) is 0 Å². The highest BCUT2D eigenvalue weighted by Crippen LogP contribution is 2.32. The van der Waals surface area contributed by atoms with E-state index in [4.69, 9.17) is 23.8 Å². The highest BCUT2D eigenvalue weighted by molar-refractivity contribution is 7.99. The van der Waals surface area contributed by atoms with Crippen molar-refractivity contribution in [2.24, 2.45) is 0 Å². The lowest BCUT2D eigenvalue weighted by atomic mass is 10.4. The van der Waals surface area contributed by atoms with Gasteiger partial charge in [-0.3, -0.25) is 0 Å². The van der Waals surface area contributed by atoms with E-state index in [-0.39, 0.29) is 6.04 Å². The van der Waals surface area contributed by atoms with Gasteiger partial charge in [0.15, 0.2) is 5.11 Å². The van der Waals surface area contributed by atoms with Crippen LogP contribution in [0.25, 0.3) is 0 Å². The van der Waals surface area contributed by atoms with Crippen LogP contribution in [-0.2, 0) is 0 Å². The van der Waals surface area contributed by atoms with E-state index in [9.17, 15) is 0 Å². The smallest absolute Gasteiger partial charge is 0.171 e. The Morgan fingerprint density at radius 2 is 1.95 bits per heavy atom. The molecule has 21 heavy (non-hydrogen) atoms. The number of halogens is 1. The van der Waals surface area contributed by atoms with Gasteiger partial charge in [0, 0.05) is 22.2 Å². The van der Waals surface area contributed by atoms with Crippen molar-refractivity contribution >= 4 is 46.4 Å². The first-order chi connectivity index (χ1) is 10.0. The van der Waals surface area contributed by atoms with Crippen LogP contribution in [-0.4, -0.2) is 16.1 Å². The molecule has 0 aliphatic rings. The summed E-state index contributed by atoms with van der Waals surface area (Å²) < 4.78 is 0. The van der Waals surface area contributed by atoms with Gasteiger partial charge in [-0.15, -0.1) is 0 Å². The minimum absolute atomic E-state index is 0.286. The van der Waals surface area contributed by atoms with Crippen LogP contribution in [0.5, 0.6) is 0 Å². The van der Waals surface area contributed by atoms with Gasteiger partial charge in [-0.05, 0) is 62.5 Å². The Balaban J connectivity index is 2.13. The van der Waals surface area contributed by atoms with Crippen molar-refractivity contribution in [1.82, 2.24) is 10.3 Å². The second-order valence-electron chi connectivity index (χ2n) is 4.67. The van der Waals surface area contributed by atoms with Crippen LogP contribution in [0.4, 0.5) is 5.69 Å². The zero-order chi connectivity index (χ0) is 15.2. The Labute approximate surface area is 139 Å². The fourth-order valence-electron chi connectivity index (χ4n) is 1.60. The van der Waals surface area contributed by atoms with Crippen molar-refractivity contribution in [3.63, 3.8) is 0 Å². The Morgan fingerprint density at radius 3 is 2.62 bits per heavy atom. The van der Waals surface area contributed by atoms with Crippen LogP contribution >= 0.6 is 35.6 Å². The Bertz CT molecular complexity index is 615. The number of hydrogen-bond acceptors (Lipinski definition) is 3. The van der Waals surface area contributed by atoms with Gasteiger partial charge in [0.25, 0.3) is 0 Å². The lowest BCUT2D eigenvalue weighted by Gasteiger charge is -2.15. The Morgan fingerprint density at radius 1 is 1.24 bits per heavy atom. The van der Waals surface area contributed by atoms with Crippen molar-refractivity contribution in [1.29, 1.82) is 0 Å². The first-order valence-corrected chi connectivity index (χ1v) is 8.11. The van der Waals surface area contributed by atoms with E-state index < -0.39 is 0 Å². The molecule has 2 rings (SSSR count). The molecule has 1 aromatic heterocycles. The van der Waals surface area contributed by atoms with Crippen LogP contribution < -0.4 is 10.6 Å². The van der Waals surface area contributed by atoms with Crippen molar-refractivity contribution in [3.05, 3.63) is 47.6 Å². The molecule has 2 N–H and O–H groups in total. The highest BCUT2D eigenvalue weighted by atomic mass is 35.5. The summed E-state index contributed by atoms with van der Waals surface area (Å²) in [5, 5.41) is 8.52. The number of nitrogens with zero attached hydrogens (tertiary/aromatic N) is 1. The van der Waals surface area contributed by atoms with Crippen molar-refractivity contribution in [2.75, 3.05) is 5.32 Å². The molecule has 110 valence electrons. The maximum absolute atomic E-state index is 5.90. The molecule has 0 bridgehead atoms. The molecule has 0 aliphatic heterocycles. The molecule has 0 amide bonds. The quantitative estimate of drug-likeness (QED) is 0.799. The Kier molecular flexibility index (Phi) is 5.85. The van der Waals surface area contributed by atoms with E-state index in [2.05, 4.69) is 15.6 Å². The van der Waals surface area contributed by atoms with Crippen molar-refractivity contribution < 1.29 is 0 Å². The number of pyridine rings is 1. The molecule has 1 aromatic carbocycles. The highest BCUT2D eigenvalue weighted by Gasteiger charge is 2.08. The van der Waals surface area contributed by atoms with E-state index in [0.29, 0.717) is 5.11 Å². The van der Waals surface area contributed by atoms with Crippen LogP contribution in [0, 0.1) is 0 Å². The topological polar surface area (TPSA) is 37.0 Å². The summed E-state index contributed by atoms with van der Waals surface area (Å²) in [6.07, 6.45) is 1.77. The second kappa shape index (κ2) is 7.64. The molecule has 0 aliphatic carbocycles. The third-order valence-electron chi connectivity index (χ3n) is 2.47. The first kappa shape index (κ1) is 16.1. The SMILES string of the molecule is CC(C)NC(=S)Nc1cccnc1Sc1ccc(Cl)cc1. The third kappa shape index (κ3) is 5.19. The zero-order valence-electron chi connectivity index (χ0n) is 11.8. The molecule has 0 radical (unpaired) electrons. The maximum atomic E-state index is 5.90. The molecular weight excluding hydrogens is 322 g/mol. The molecule has 0 unspecified atom stereocenters. The average Bonchev–Trinajstić information content (AvgIpc) is 2.42. The predicted octanol–water partition coefficient (Wildman–Crippen LogP) is 4.58. The molecule has 0 atom stereocenters. The lowest BCUT2D eigenvalue weighted by molar-refractivity contribution is 0.739. The van der Waals surface area contributed by atoms with Gasteiger partial charge in [-0.1, -0.05) is 23.4 Å². The van der Waals surface area contributed by atoms with Gasteiger partial charge < -0.3 is 10.6 Å². The summed E-state index contributed by atoms with van der Waals surface area (Å²) >= 11 is 12.7. The molecule has 6 heteroatoms. The second-order valence-corrected chi connectivity index (χ2v) is 6.57. The Hall–Kier alpha value is -1.30. The molecular formula is C15H16ClN3S2. The normalized spacial score (nSPS) is 10.5. The number of anilines is 1. The van der Waals surface area contributed by atoms with Gasteiger partial charge in [-0.2, -0.15) is 0 Å². The van der Waals surface area contributed by atoms with E-state index in [0.717, 1.165) is 20.6 Å². The summed E-state index contributed by atoms with van der Waals surface area (Å²) in [7, 11) is 0. The van der Waals surface area contributed by atoms with Gasteiger partial charge in [0.2, 0.25) is 0 Å². The van der Waals surface area contributed by atoms with Crippen LogP contribution in [0.2, 0.25) is 5.02 Å². The summed E-state index contributed by atoms with van der Waals surface area (Å²) in [5.74, 6) is 0. The molecule has 1 heterocycles. The lowest BCUT2D eigenvalue weighted by Crippen LogP contribution is -2.34. The maximum Gasteiger partial charge on any atom is 0.171 e. The number of thiocarbonyl (C=S) groups is 1. The number of hydrogen-bond donors (Lipinski definition) is 2. The van der Waals surface area contributed by atoms with E-state index in [1.54, 1.807) is 18.0 Å². The standard InChI is InChI=1S/C15H16ClN3S2/c1-10(2)18-15(20)19-13-4-3-9-17-14(13)21-12-7-5-11(16)6-8-12/h3-10H,1-2H3,(H2,18,19,20). The van der Waals surface area contributed by atoms with Gasteiger partial charge in [-0.25, -0.2) is 4.98 Å². The predicted molar refractivity (Wildman–Crippen MR) is 94.3 cm³/mol. The number of nitrogens with one attached hydrogen (secondary N) is 2. The van der Waals surface area contributed by atoms with E-state index in [1.807, 2.05) is 50.2 Å². The van der Waals surface area contributed by atoms with Gasteiger partial charge >= 0.3 is 0 Å². The van der Waals surface area contributed by atoms with Crippen LogP contribution in [0.15, 0.2) is 52.5 Å². The molecule has 0 fully saturated rings. The molecule has 2 aromatic rings. The summed E-state index contributed by atoms with van der Waals surface area (Å²) in [6, 6.07) is 11.8. The van der Waals surface area contributed by atoms with Crippen LogP contribution in [0.3, 0.4) is 0 Å². The third-order valence-corrected chi connectivity index (χ3v) is 3.97. The number of rotatable bonds is 4. The summed E-state index contributed by atoms with van der Waals surface area (Å²) in [6.45, 7) is 4.08. The molecule has 0 saturated heterocycles. The first-order valence-electron chi connectivity index (χ1n) is 6.50. The number of aromatic nitrogens is 1. The fourth-order valence-corrected chi connectivity index (χ4v) is 2.91. The van der Waals surface area contributed by atoms with Gasteiger partial charge in [0.1, 0.15) is 5.03 Å². The van der Waals surface area contributed by atoms with E-state index in [1.165, 1.54) is 0 Å². The molecule has 0 saturated carbocycles. The summed E-state index contributed by atoms with van der Waals surface area (Å²) in [5.41, 5.74) is 0.885. The fraction of sp³-hybridized carbons (Fsp3) is 0.200. The van der Waals surface area contributed by atoms with Crippen LogP contribution in [0.1, 0.15) is 13.8 Å². The van der Waals surface area contributed by atoms with E-state index >= 15 is 0 Å². The average molecular weight is 338 g/mol. The molecule has 3 nitrogen and oxygen atoms in total. The zero-order valence-corrected chi connectivity index (χ0v) is 14.1. The monoisotopic (exact) mass is 337 g/mol. The minimum atomic E-state index is 0.286. The summed E-state index contributed by atoms with van der Waals surface area (Å²) in [4.78, 5) is 5.48. The number of benzene rings is 1. The molecule has 0 spiro atoms. The van der Waals surface area contributed by atoms with Crippen molar-refractivity contribution in [2.45, 2.75) is 29.8 Å².